The molecule has 0 spiro atoms. The summed E-state index contributed by atoms with van der Waals surface area (Å²) in [4.78, 5) is 20.0. The molecule has 6 heteroatoms. The number of nitrogens with zero attached hydrogens (tertiary/aromatic N) is 2. The highest BCUT2D eigenvalue weighted by Crippen LogP contribution is 2.17. The van der Waals surface area contributed by atoms with Crippen LogP contribution < -0.4 is 11.1 Å². The first-order valence-corrected chi connectivity index (χ1v) is 6.00. The molecule has 0 aromatic carbocycles. The SMILES string of the molecule is Cc1cc(Br)cnc1NC(=O)c1ccc(N)cn1. The molecule has 3 N–H and O–H groups in total. The molecule has 0 unspecified atom stereocenters. The van der Waals surface area contributed by atoms with E-state index in [-0.39, 0.29) is 5.91 Å². The molecule has 5 nitrogen and oxygen atoms in total. The maximum absolute atomic E-state index is 11.9. The molecule has 92 valence electrons. The van der Waals surface area contributed by atoms with Crippen LogP contribution in [0.5, 0.6) is 0 Å². The Balaban J connectivity index is 2.18. The van der Waals surface area contributed by atoms with Crippen molar-refractivity contribution in [2.75, 3.05) is 11.1 Å². The van der Waals surface area contributed by atoms with Crippen molar-refractivity contribution < 1.29 is 4.79 Å². The van der Waals surface area contributed by atoms with Crippen LogP contribution in [0.3, 0.4) is 0 Å². The third-order valence-corrected chi connectivity index (χ3v) is 2.73. The summed E-state index contributed by atoms with van der Waals surface area (Å²) in [7, 11) is 0. The number of aryl methyl sites for hydroxylation is 1. The van der Waals surface area contributed by atoms with Crippen molar-refractivity contribution in [1.82, 2.24) is 9.97 Å². The van der Waals surface area contributed by atoms with E-state index in [1.165, 1.54) is 6.20 Å². The van der Waals surface area contributed by atoms with Gasteiger partial charge in [-0.25, -0.2) is 9.97 Å². The molecule has 0 atom stereocenters. The number of nitrogens with two attached hydrogens (primary N) is 1. The fourth-order valence-electron chi connectivity index (χ4n) is 1.38. The molecule has 2 heterocycles. The highest BCUT2D eigenvalue weighted by molar-refractivity contribution is 9.10. The predicted molar refractivity (Wildman–Crippen MR) is 73.3 cm³/mol. The van der Waals surface area contributed by atoms with Crippen LogP contribution in [0.15, 0.2) is 35.1 Å². The molecule has 0 aliphatic rings. The third-order valence-electron chi connectivity index (χ3n) is 2.30. The standard InChI is InChI=1S/C12H11BrN4O/c1-7-4-8(13)5-16-11(7)17-12(18)10-3-2-9(14)6-15-10/h2-6H,14H2,1H3,(H,16,17,18). The van der Waals surface area contributed by atoms with Crippen LogP contribution in [0.1, 0.15) is 16.1 Å². The van der Waals surface area contributed by atoms with Crippen LogP contribution in [-0.4, -0.2) is 15.9 Å². The Morgan fingerprint density at radius 2 is 2.11 bits per heavy atom. The summed E-state index contributed by atoms with van der Waals surface area (Å²) >= 11 is 3.31. The smallest absolute Gasteiger partial charge is 0.275 e. The summed E-state index contributed by atoms with van der Waals surface area (Å²) in [5, 5.41) is 2.70. The summed E-state index contributed by atoms with van der Waals surface area (Å²) in [6.45, 7) is 1.86. The molecular weight excluding hydrogens is 296 g/mol. The van der Waals surface area contributed by atoms with Crippen molar-refractivity contribution in [2.45, 2.75) is 6.92 Å². The first kappa shape index (κ1) is 12.5. The van der Waals surface area contributed by atoms with Gasteiger partial charge in [0.25, 0.3) is 5.91 Å². The maximum Gasteiger partial charge on any atom is 0.275 e. The highest BCUT2D eigenvalue weighted by atomic mass is 79.9. The third kappa shape index (κ3) is 2.84. The number of rotatable bonds is 2. The van der Waals surface area contributed by atoms with Gasteiger partial charge in [-0.15, -0.1) is 0 Å². The Labute approximate surface area is 113 Å². The topological polar surface area (TPSA) is 80.9 Å². The number of anilines is 2. The molecule has 1 amide bonds. The van der Waals surface area contributed by atoms with Crippen molar-refractivity contribution in [3.05, 3.63) is 46.3 Å². The van der Waals surface area contributed by atoms with Crippen molar-refractivity contribution in [1.29, 1.82) is 0 Å². The largest absolute Gasteiger partial charge is 0.397 e. The van der Waals surface area contributed by atoms with E-state index in [0.717, 1.165) is 10.0 Å². The zero-order valence-corrected chi connectivity index (χ0v) is 11.2. The van der Waals surface area contributed by atoms with Gasteiger partial charge in [-0.05, 0) is 46.6 Å². The van der Waals surface area contributed by atoms with Gasteiger partial charge >= 0.3 is 0 Å². The second kappa shape index (κ2) is 5.14. The lowest BCUT2D eigenvalue weighted by Gasteiger charge is -2.07. The number of amides is 1. The molecule has 2 aromatic heterocycles. The molecule has 0 saturated carbocycles. The first-order chi connectivity index (χ1) is 8.56. The Bertz CT molecular complexity index is 583. The van der Waals surface area contributed by atoms with Gasteiger partial charge < -0.3 is 11.1 Å². The van der Waals surface area contributed by atoms with E-state index in [1.54, 1.807) is 18.3 Å². The van der Waals surface area contributed by atoms with Gasteiger partial charge in [-0.1, -0.05) is 0 Å². The summed E-state index contributed by atoms with van der Waals surface area (Å²) in [5.74, 6) is 0.203. The number of carbonyl (C=O) groups excluding carboxylic acids is 1. The van der Waals surface area contributed by atoms with Crippen LogP contribution in [0.25, 0.3) is 0 Å². The molecule has 0 saturated heterocycles. The van der Waals surface area contributed by atoms with Crippen LogP contribution in [-0.2, 0) is 0 Å². The molecule has 0 aliphatic carbocycles. The number of hydrogen-bond donors (Lipinski definition) is 2. The lowest BCUT2D eigenvalue weighted by Crippen LogP contribution is -2.15. The van der Waals surface area contributed by atoms with E-state index in [2.05, 4.69) is 31.2 Å². The van der Waals surface area contributed by atoms with E-state index < -0.39 is 0 Å². The average Bonchev–Trinajstić information content (AvgIpc) is 2.33. The van der Waals surface area contributed by atoms with E-state index in [1.807, 2.05) is 13.0 Å². The normalized spacial score (nSPS) is 10.1. The fraction of sp³-hybridized carbons (Fsp3) is 0.0833. The monoisotopic (exact) mass is 306 g/mol. The molecular formula is C12H11BrN4O. The molecule has 0 radical (unpaired) electrons. The van der Waals surface area contributed by atoms with Crippen LogP contribution >= 0.6 is 15.9 Å². The molecule has 0 bridgehead atoms. The van der Waals surface area contributed by atoms with Crippen LogP contribution in [0.4, 0.5) is 11.5 Å². The molecule has 0 aliphatic heterocycles. The van der Waals surface area contributed by atoms with E-state index in [0.29, 0.717) is 17.2 Å². The van der Waals surface area contributed by atoms with Crippen molar-refractivity contribution in [3.63, 3.8) is 0 Å². The quantitative estimate of drug-likeness (QED) is 0.892. The van der Waals surface area contributed by atoms with E-state index >= 15 is 0 Å². The number of pyridine rings is 2. The average molecular weight is 307 g/mol. The number of nitrogen functional groups attached to an aromatic ring is 1. The number of halogens is 1. The molecule has 2 rings (SSSR count). The van der Waals surface area contributed by atoms with Gasteiger partial charge in [-0.3, -0.25) is 4.79 Å². The lowest BCUT2D eigenvalue weighted by atomic mass is 10.2. The number of carbonyl (C=O) groups is 1. The number of nitrogens with one attached hydrogen (secondary N) is 1. The predicted octanol–water partition coefficient (Wildman–Crippen LogP) is 2.38. The van der Waals surface area contributed by atoms with Crippen LogP contribution in [0, 0.1) is 6.92 Å². The minimum Gasteiger partial charge on any atom is -0.397 e. The van der Waals surface area contributed by atoms with Crippen molar-refractivity contribution in [3.8, 4) is 0 Å². The zero-order chi connectivity index (χ0) is 13.1. The second-order valence-electron chi connectivity index (χ2n) is 3.75. The van der Waals surface area contributed by atoms with Gasteiger partial charge in [-0.2, -0.15) is 0 Å². The maximum atomic E-state index is 11.9. The minimum atomic E-state index is -0.312. The highest BCUT2D eigenvalue weighted by Gasteiger charge is 2.09. The minimum absolute atomic E-state index is 0.299. The van der Waals surface area contributed by atoms with Crippen LogP contribution in [0.2, 0.25) is 0 Å². The van der Waals surface area contributed by atoms with E-state index in [4.69, 9.17) is 5.73 Å². The lowest BCUT2D eigenvalue weighted by molar-refractivity contribution is 0.102. The summed E-state index contributed by atoms with van der Waals surface area (Å²) in [6, 6.07) is 5.07. The van der Waals surface area contributed by atoms with E-state index in [9.17, 15) is 4.79 Å². The zero-order valence-electron chi connectivity index (χ0n) is 9.64. The molecule has 2 aromatic rings. The fourth-order valence-corrected chi connectivity index (χ4v) is 1.83. The first-order valence-electron chi connectivity index (χ1n) is 5.21. The van der Waals surface area contributed by atoms with Gasteiger partial charge in [0.05, 0.1) is 11.9 Å². The Morgan fingerprint density at radius 3 is 2.72 bits per heavy atom. The second-order valence-corrected chi connectivity index (χ2v) is 4.67. The Morgan fingerprint density at radius 1 is 1.33 bits per heavy atom. The Kier molecular flexibility index (Phi) is 3.57. The molecule has 0 fully saturated rings. The summed E-state index contributed by atoms with van der Waals surface area (Å²) < 4.78 is 0.864. The van der Waals surface area contributed by atoms with Gasteiger partial charge in [0.1, 0.15) is 11.5 Å². The van der Waals surface area contributed by atoms with Gasteiger partial charge in [0.2, 0.25) is 0 Å². The number of aromatic nitrogens is 2. The van der Waals surface area contributed by atoms with Gasteiger partial charge in [0.15, 0.2) is 0 Å². The number of hydrogen-bond acceptors (Lipinski definition) is 4. The van der Waals surface area contributed by atoms with Crippen molar-refractivity contribution in [2.24, 2.45) is 0 Å². The molecule has 18 heavy (non-hydrogen) atoms. The summed E-state index contributed by atoms with van der Waals surface area (Å²) in [6.07, 6.45) is 3.07. The van der Waals surface area contributed by atoms with Crippen molar-refractivity contribution >= 4 is 33.3 Å². The Hall–Kier alpha value is -1.95. The van der Waals surface area contributed by atoms with Gasteiger partial charge in [0, 0.05) is 10.7 Å². The summed E-state index contributed by atoms with van der Waals surface area (Å²) in [5.41, 5.74) is 7.19.